The number of aromatic nitrogens is 4. The van der Waals surface area contributed by atoms with E-state index in [0.29, 0.717) is 25.6 Å². The minimum atomic E-state index is -0.304. The lowest BCUT2D eigenvalue weighted by Gasteiger charge is -2.42. The second kappa shape index (κ2) is 14.2. The van der Waals surface area contributed by atoms with E-state index in [2.05, 4.69) is 29.0 Å². The zero-order chi connectivity index (χ0) is 31.9. The molecular formula is C34H41N7O4. The van der Waals surface area contributed by atoms with Gasteiger partial charge >= 0.3 is 0 Å². The number of nitrogens with one attached hydrogen (secondary N) is 1. The molecule has 11 heteroatoms. The molecule has 3 heterocycles. The molecule has 2 unspecified atom stereocenters. The van der Waals surface area contributed by atoms with E-state index in [9.17, 15) is 9.59 Å². The number of carbonyl (C=O) groups is 2. The van der Waals surface area contributed by atoms with Crippen molar-refractivity contribution in [3.63, 3.8) is 0 Å². The molecule has 0 bridgehead atoms. The number of carbonyl (C=O) groups excluding carboxylic acids is 2. The van der Waals surface area contributed by atoms with E-state index in [0.717, 1.165) is 34.1 Å². The topological polar surface area (TPSA) is 115 Å². The summed E-state index contributed by atoms with van der Waals surface area (Å²) < 4.78 is 12.4. The van der Waals surface area contributed by atoms with Gasteiger partial charge in [-0.2, -0.15) is 4.98 Å². The van der Waals surface area contributed by atoms with Crippen LogP contribution in [-0.4, -0.2) is 76.1 Å². The first-order valence-corrected chi connectivity index (χ1v) is 15.2. The highest BCUT2D eigenvalue weighted by Gasteiger charge is 2.33. The van der Waals surface area contributed by atoms with Gasteiger partial charge in [-0.3, -0.25) is 14.2 Å². The number of anilines is 1. The van der Waals surface area contributed by atoms with Gasteiger partial charge in [0, 0.05) is 44.5 Å². The second-order valence-electron chi connectivity index (χ2n) is 11.6. The summed E-state index contributed by atoms with van der Waals surface area (Å²) in [6.45, 7) is 7.55. The number of amides is 2. The van der Waals surface area contributed by atoms with E-state index in [4.69, 9.17) is 19.4 Å². The van der Waals surface area contributed by atoms with Crippen LogP contribution in [0.2, 0.25) is 0 Å². The predicted molar refractivity (Wildman–Crippen MR) is 172 cm³/mol. The van der Waals surface area contributed by atoms with E-state index in [1.165, 1.54) is 0 Å². The largest absolute Gasteiger partial charge is 0.497 e. The molecule has 2 aromatic heterocycles. The molecule has 0 aliphatic carbocycles. The molecule has 2 atom stereocenters. The standard InChI is InChI=1S/C34H41N7O4/c1-23(2)30-20-31(38-34(37-30)40-14-13-35-22-40)41-16-15-39(33(43)17-25-9-11-28(44-4)12-10-25)21-27(41)19-32(42)36-24(3)26-7-6-8-29(18-26)45-5/h6-14,18,20,22-24,27H,15-17,19,21H2,1-5H3,(H,36,42). The van der Waals surface area contributed by atoms with Crippen LogP contribution >= 0.6 is 0 Å². The summed E-state index contributed by atoms with van der Waals surface area (Å²) in [7, 11) is 3.24. The molecule has 2 amide bonds. The maximum absolute atomic E-state index is 13.6. The Kier molecular flexibility index (Phi) is 9.96. The molecule has 4 aromatic rings. The van der Waals surface area contributed by atoms with Crippen LogP contribution in [0.3, 0.4) is 0 Å². The van der Waals surface area contributed by atoms with Crippen molar-refractivity contribution < 1.29 is 19.1 Å². The van der Waals surface area contributed by atoms with Gasteiger partial charge in [0.1, 0.15) is 23.6 Å². The fraction of sp³-hybridized carbons (Fsp3) is 0.382. The third kappa shape index (κ3) is 7.78. The summed E-state index contributed by atoms with van der Waals surface area (Å²) in [5.41, 5.74) is 2.74. The van der Waals surface area contributed by atoms with Gasteiger partial charge < -0.3 is 24.6 Å². The van der Waals surface area contributed by atoms with Crippen LogP contribution < -0.4 is 19.7 Å². The number of hydrogen-bond acceptors (Lipinski definition) is 8. The van der Waals surface area contributed by atoms with Crippen molar-refractivity contribution in [1.29, 1.82) is 0 Å². The third-order valence-corrected chi connectivity index (χ3v) is 8.08. The smallest absolute Gasteiger partial charge is 0.237 e. The van der Waals surface area contributed by atoms with E-state index in [1.54, 1.807) is 31.3 Å². The summed E-state index contributed by atoms with van der Waals surface area (Å²) in [5, 5.41) is 3.14. The number of methoxy groups -OCH3 is 2. The summed E-state index contributed by atoms with van der Waals surface area (Å²) in [5.74, 6) is 2.77. The number of nitrogens with zero attached hydrogens (tertiary/aromatic N) is 6. The van der Waals surface area contributed by atoms with Crippen LogP contribution in [0, 0.1) is 0 Å². The number of rotatable bonds is 11. The minimum absolute atomic E-state index is 0.0136. The Morgan fingerprint density at radius 3 is 2.44 bits per heavy atom. The summed E-state index contributed by atoms with van der Waals surface area (Å²) in [6, 6.07) is 16.7. The number of imidazole rings is 1. The van der Waals surface area contributed by atoms with Crippen molar-refractivity contribution in [2.45, 2.75) is 51.6 Å². The van der Waals surface area contributed by atoms with Gasteiger partial charge in [-0.15, -0.1) is 0 Å². The first-order valence-electron chi connectivity index (χ1n) is 15.2. The third-order valence-electron chi connectivity index (χ3n) is 8.08. The van der Waals surface area contributed by atoms with Gasteiger partial charge in [-0.1, -0.05) is 38.1 Å². The highest BCUT2D eigenvalue weighted by Crippen LogP contribution is 2.26. The maximum Gasteiger partial charge on any atom is 0.237 e. The normalized spacial score (nSPS) is 15.6. The molecule has 0 radical (unpaired) electrons. The van der Waals surface area contributed by atoms with Crippen LogP contribution in [0.15, 0.2) is 73.3 Å². The van der Waals surface area contributed by atoms with Crippen LogP contribution in [0.1, 0.15) is 56.0 Å². The summed E-state index contributed by atoms with van der Waals surface area (Å²) in [4.78, 5) is 44.9. The van der Waals surface area contributed by atoms with Gasteiger partial charge in [0.25, 0.3) is 0 Å². The molecule has 1 fully saturated rings. The first-order chi connectivity index (χ1) is 21.7. The van der Waals surface area contributed by atoms with Gasteiger partial charge in [0.15, 0.2) is 0 Å². The van der Waals surface area contributed by atoms with Crippen molar-refractivity contribution in [2.24, 2.45) is 0 Å². The Balaban J connectivity index is 1.39. The SMILES string of the molecule is COc1ccc(CC(=O)N2CCN(c3cc(C(C)C)nc(-n4ccnc4)n3)C(CC(=O)NC(C)c3cccc(OC)c3)C2)cc1. The fourth-order valence-electron chi connectivity index (χ4n) is 5.47. The Bertz CT molecular complexity index is 1590. The molecule has 45 heavy (non-hydrogen) atoms. The van der Waals surface area contributed by atoms with Gasteiger partial charge in [0.2, 0.25) is 17.8 Å². The maximum atomic E-state index is 13.6. The Morgan fingerprint density at radius 1 is 0.978 bits per heavy atom. The molecule has 0 saturated carbocycles. The Hall–Kier alpha value is -4.93. The van der Waals surface area contributed by atoms with Crippen LogP contribution in [0.4, 0.5) is 5.82 Å². The summed E-state index contributed by atoms with van der Waals surface area (Å²) >= 11 is 0. The molecule has 1 saturated heterocycles. The average Bonchev–Trinajstić information content (AvgIpc) is 3.60. The van der Waals surface area contributed by atoms with Gasteiger partial charge in [-0.05, 0) is 48.2 Å². The number of benzene rings is 2. The van der Waals surface area contributed by atoms with E-state index < -0.39 is 0 Å². The van der Waals surface area contributed by atoms with Gasteiger partial charge in [-0.25, -0.2) is 9.97 Å². The average molecular weight is 612 g/mol. The monoisotopic (exact) mass is 611 g/mol. The highest BCUT2D eigenvalue weighted by molar-refractivity contribution is 5.80. The molecule has 2 aromatic carbocycles. The minimum Gasteiger partial charge on any atom is -0.497 e. The quantitative estimate of drug-likeness (QED) is 0.267. The van der Waals surface area contributed by atoms with Crippen molar-refractivity contribution in [2.75, 3.05) is 38.8 Å². The van der Waals surface area contributed by atoms with E-state index in [-0.39, 0.29) is 42.7 Å². The molecule has 1 N–H and O–H groups in total. The Labute approximate surface area is 264 Å². The van der Waals surface area contributed by atoms with Crippen LogP contribution in [0.25, 0.3) is 5.95 Å². The van der Waals surface area contributed by atoms with Crippen molar-refractivity contribution in [3.8, 4) is 17.4 Å². The number of ether oxygens (including phenoxy) is 2. The first kappa shape index (κ1) is 31.5. The fourth-order valence-corrected chi connectivity index (χ4v) is 5.47. The van der Waals surface area contributed by atoms with E-state index in [1.807, 2.05) is 72.6 Å². The molecule has 5 rings (SSSR count). The zero-order valence-corrected chi connectivity index (χ0v) is 26.5. The zero-order valence-electron chi connectivity index (χ0n) is 26.5. The Morgan fingerprint density at radius 2 is 1.76 bits per heavy atom. The molecule has 1 aliphatic heterocycles. The molecule has 1 aliphatic rings. The van der Waals surface area contributed by atoms with Crippen molar-refractivity contribution in [1.82, 2.24) is 29.7 Å². The summed E-state index contributed by atoms with van der Waals surface area (Å²) in [6.07, 6.45) is 5.62. The van der Waals surface area contributed by atoms with E-state index >= 15 is 0 Å². The van der Waals surface area contributed by atoms with Crippen LogP contribution in [-0.2, 0) is 16.0 Å². The molecular weight excluding hydrogens is 570 g/mol. The van der Waals surface area contributed by atoms with Crippen molar-refractivity contribution >= 4 is 17.6 Å². The predicted octanol–water partition coefficient (Wildman–Crippen LogP) is 4.33. The lowest BCUT2D eigenvalue weighted by molar-refractivity contribution is -0.132. The number of piperazine rings is 1. The lowest BCUT2D eigenvalue weighted by Crippen LogP contribution is -2.56. The second-order valence-corrected chi connectivity index (χ2v) is 11.6. The number of hydrogen-bond donors (Lipinski definition) is 1. The van der Waals surface area contributed by atoms with Gasteiger partial charge in [0.05, 0.1) is 38.4 Å². The lowest BCUT2D eigenvalue weighted by atomic mass is 10.0. The molecule has 11 nitrogen and oxygen atoms in total. The molecule has 236 valence electrons. The van der Waals surface area contributed by atoms with Crippen molar-refractivity contribution in [3.05, 3.63) is 90.1 Å². The molecule has 0 spiro atoms. The highest BCUT2D eigenvalue weighted by atomic mass is 16.5. The van der Waals surface area contributed by atoms with Crippen LogP contribution in [0.5, 0.6) is 11.5 Å².